The molecule has 1 fully saturated rings. The number of amides is 1. The minimum Gasteiger partial charge on any atom is -0.353 e. The predicted molar refractivity (Wildman–Crippen MR) is 85.5 cm³/mol. The summed E-state index contributed by atoms with van der Waals surface area (Å²) in [5.74, 6) is 0.00207. The van der Waals surface area contributed by atoms with E-state index in [4.69, 9.17) is 11.6 Å². The molecule has 0 aliphatic carbocycles. The maximum Gasteiger partial charge on any atom is 0.242 e. The minimum absolute atomic E-state index is 0.00207. The van der Waals surface area contributed by atoms with Gasteiger partial charge >= 0.3 is 0 Å². The van der Waals surface area contributed by atoms with Crippen LogP contribution in [0.5, 0.6) is 0 Å². The van der Waals surface area contributed by atoms with E-state index in [0.717, 1.165) is 24.2 Å². The van der Waals surface area contributed by atoms with Crippen LogP contribution in [0.1, 0.15) is 24.1 Å². The van der Waals surface area contributed by atoms with Crippen molar-refractivity contribution >= 4 is 17.5 Å². The van der Waals surface area contributed by atoms with Crippen molar-refractivity contribution in [3.05, 3.63) is 52.8 Å². The van der Waals surface area contributed by atoms with Crippen molar-refractivity contribution in [1.82, 2.24) is 20.0 Å². The van der Waals surface area contributed by atoms with Gasteiger partial charge in [-0.2, -0.15) is 5.10 Å². The first-order chi connectivity index (χ1) is 10.7. The van der Waals surface area contributed by atoms with E-state index in [1.54, 1.807) is 0 Å². The first-order valence-electron chi connectivity index (χ1n) is 7.46. The lowest BCUT2D eigenvalue weighted by Crippen LogP contribution is -2.49. The fourth-order valence-electron chi connectivity index (χ4n) is 2.81. The Balaban J connectivity index is 1.87. The third-order valence-corrected chi connectivity index (χ3v) is 4.25. The molecule has 6 heteroatoms. The summed E-state index contributed by atoms with van der Waals surface area (Å²) < 4.78 is 1.89. The second-order valence-corrected chi connectivity index (χ2v) is 5.80. The van der Waals surface area contributed by atoms with E-state index in [9.17, 15) is 4.79 Å². The molecule has 1 aliphatic heterocycles. The van der Waals surface area contributed by atoms with Crippen LogP contribution in [0.25, 0.3) is 0 Å². The standard InChI is InChI=1S/C16H19ClN4O/c1-2-21-11-12(9-19-21)10-20-8-7-18-16(22)15(20)13-5-3-4-6-14(13)17/h3-6,9,11,15H,2,7-8,10H2,1H3,(H,18,22)/t15-/m1/s1. The number of rotatable bonds is 4. The van der Waals surface area contributed by atoms with E-state index in [1.165, 1.54) is 0 Å². The monoisotopic (exact) mass is 318 g/mol. The smallest absolute Gasteiger partial charge is 0.242 e. The van der Waals surface area contributed by atoms with Crippen LogP contribution in [0.4, 0.5) is 0 Å². The average Bonchev–Trinajstić information content (AvgIpc) is 2.96. The Kier molecular flexibility index (Phi) is 4.45. The molecule has 0 saturated carbocycles. The van der Waals surface area contributed by atoms with Crippen molar-refractivity contribution in [2.75, 3.05) is 13.1 Å². The number of hydrogen-bond acceptors (Lipinski definition) is 3. The van der Waals surface area contributed by atoms with Crippen molar-refractivity contribution in [2.45, 2.75) is 26.1 Å². The van der Waals surface area contributed by atoms with Crippen molar-refractivity contribution in [3.8, 4) is 0 Å². The van der Waals surface area contributed by atoms with Crippen LogP contribution in [0.15, 0.2) is 36.7 Å². The third kappa shape index (κ3) is 3.00. The maximum atomic E-state index is 12.4. The predicted octanol–water partition coefficient (Wildman–Crippen LogP) is 2.23. The van der Waals surface area contributed by atoms with Gasteiger partial charge in [0.1, 0.15) is 6.04 Å². The van der Waals surface area contributed by atoms with Gasteiger partial charge in [0.25, 0.3) is 0 Å². The molecule has 5 nitrogen and oxygen atoms in total. The molecule has 116 valence electrons. The number of nitrogens with zero attached hydrogens (tertiary/aromatic N) is 3. The molecule has 1 saturated heterocycles. The van der Waals surface area contributed by atoms with Crippen LogP contribution in [-0.2, 0) is 17.9 Å². The zero-order valence-electron chi connectivity index (χ0n) is 12.5. The molecule has 3 rings (SSSR count). The molecule has 1 N–H and O–H groups in total. The van der Waals surface area contributed by atoms with Crippen LogP contribution in [-0.4, -0.2) is 33.7 Å². The highest BCUT2D eigenvalue weighted by Gasteiger charge is 2.32. The SMILES string of the molecule is CCn1cc(CN2CCNC(=O)[C@H]2c2ccccc2Cl)cn1. The lowest BCUT2D eigenvalue weighted by Gasteiger charge is -2.35. The summed E-state index contributed by atoms with van der Waals surface area (Å²) in [5.41, 5.74) is 1.96. The summed E-state index contributed by atoms with van der Waals surface area (Å²) in [6.07, 6.45) is 3.88. The van der Waals surface area contributed by atoms with Gasteiger partial charge in [-0.15, -0.1) is 0 Å². The number of piperazine rings is 1. The van der Waals surface area contributed by atoms with Crippen LogP contribution in [0.3, 0.4) is 0 Å². The Hall–Kier alpha value is -1.85. The van der Waals surface area contributed by atoms with Gasteiger partial charge in [0.15, 0.2) is 0 Å². The second-order valence-electron chi connectivity index (χ2n) is 5.39. The Morgan fingerprint density at radius 3 is 2.95 bits per heavy atom. The molecule has 22 heavy (non-hydrogen) atoms. The minimum atomic E-state index is -0.354. The zero-order valence-corrected chi connectivity index (χ0v) is 13.3. The summed E-state index contributed by atoms with van der Waals surface area (Å²) in [6, 6.07) is 7.18. The average molecular weight is 319 g/mol. The highest BCUT2D eigenvalue weighted by molar-refractivity contribution is 6.31. The lowest BCUT2D eigenvalue weighted by atomic mass is 10.0. The van der Waals surface area contributed by atoms with Gasteiger partial charge < -0.3 is 5.32 Å². The van der Waals surface area contributed by atoms with Gasteiger partial charge in [-0.05, 0) is 18.6 Å². The molecule has 2 aromatic rings. The topological polar surface area (TPSA) is 50.2 Å². The second kappa shape index (κ2) is 6.50. The van der Waals surface area contributed by atoms with Crippen LogP contribution >= 0.6 is 11.6 Å². The fourth-order valence-corrected chi connectivity index (χ4v) is 3.05. The molecule has 0 radical (unpaired) electrons. The summed E-state index contributed by atoms with van der Waals surface area (Å²) in [7, 11) is 0. The molecule has 2 heterocycles. The number of aromatic nitrogens is 2. The molecule has 0 bridgehead atoms. The summed E-state index contributed by atoms with van der Waals surface area (Å²) in [4.78, 5) is 14.5. The molecule has 1 amide bonds. The maximum absolute atomic E-state index is 12.4. The quantitative estimate of drug-likeness (QED) is 0.940. The van der Waals surface area contributed by atoms with Crippen LogP contribution in [0, 0.1) is 0 Å². The van der Waals surface area contributed by atoms with Crippen molar-refractivity contribution in [1.29, 1.82) is 0 Å². The first kappa shape index (κ1) is 15.1. The molecule has 1 aromatic carbocycles. The van der Waals surface area contributed by atoms with Gasteiger partial charge in [-0.3, -0.25) is 14.4 Å². The Labute approximate surface area is 134 Å². The van der Waals surface area contributed by atoms with Crippen molar-refractivity contribution in [2.24, 2.45) is 0 Å². The highest BCUT2D eigenvalue weighted by atomic mass is 35.5. The Morgan fingerprint density at radius 2 is 2.23 bits per heavy atom. The van der Waals surface area contributed by atoms with Gasteiger partial charge in [0.2, 0.25) is 5.91 Å². The summed E-state index contributed by atoms with van der Waals surface area (Å²) in [6.45, 7) is 5.02. The van der Waals surface area contributed by atoms with E-state index < -0.39 is 0 Å². The van der Waals surface area contributed by atoms with Crippen molar-refractivity contribution < 1.29 is 4.79 Å². The van der Waals surface area contributed by atoms with Gasteiger partial charge in [0, 0.05) is 43.0 Å². The number of halogens is 1. The molecule has 1 atom stereocenters. The zero-order chi connectivity index (χ0) is 15.5. The molecule has 0 unspecified atom stereocenters. The number of aryl methyl sites for hydroxylation is 1. The summed E-state index contributed by atoms with van der Waals surface area (Å²) in [5, 5.41) is 7.85. The van der Waals surface area contributed by atoms with Gasteiger partial charge in [0.05, 0.1) is 6.20 Å². The number of nitrogens with one attached hydrogen (secondary N) is 1. The van der Waals surface area contributed by atoms with E-state index in [-0.39, 0.29) is 11.9 Å². The largest absolute Gasteiger partial charge is 0.353 e. The van der Waals surface area contributed by atoms with E-state index in [1.807, 2.05) is 41.3 Å². The van der Waals surface area contributed by atoms with Crippen LogP contribution in [0.2, 0.25) is 5.02 Å². The van der Waals surface area contributed by atoms with Gasteiger partial charge in [-0.25, -0.2) is 0 Å². The Bertz CT molecular complexity index is 670. The molecular formula is C16H19ClN4O. The lowest BCUT2D eigenvalue weighted by molar-refractivity contribution is -0.129. The third-order valence-electron chi connectivity index (χ3n) is 3.91. The highest BCUT2D eigenvalue weighted by Crippen LogP contribution is 2.30. The normalized spacial score (nSPS) is 19.2. The molecule has 1 aromatic heterocycles. The summed E-state index contributed by atoms with van der Waals surface area (Å²) >= 11 is 6.29. The van der Waals surface area contributed by atoms with Crippen LogP contribution < -0.4 is 5.32 Å². The number of carbonyl (C=O) groups excluding carboxylic acids is 1. The van der Waals surface area contributed by atoms with E-state index in [2.05, 4.69) is 22.2 Å². The molecule has 1 aliphatic rings. The van der Waals surface area contributed by atoms with E-state index >= 15 is 0 Å². The van der Waals surface area contributed by atoms with E-state index in [0.29, 0.717) is 18.1 Å². The number of carbonyl (C=O) groups is 1. The molecular weight excluding hydrogens is 300 g/mol. The molecule has 0 spiro atoms. The number of hydrogen-bond donors (Lipinski definition) is 1. The van der Waals surface area contributed by atoms with Gasteiger partial charge in [-0.1, -0.05) is 29.8 Å². The number of benzene rings is 1. The van der Waals surface area contributed by atoms with Crippen molar-refractivity contribution in [3.63, 3.8) is 0 Å². The fraction of sp³-hybridized carbons (Fsp3) is 0.375. The Morgan fingerprint density at radius 1 is 1.41 bits per heavy atom. The first-order valence-corrected chi connectivity index (χ1v) is 7.84.